The molecule has 0 spiro atoms. The van der Waals surface area contributed by atoms with Crippen LogP contribution in [0.15, 0.2) is 22.6 Å². The molecule has 0 aliphatic carbocycles. The van der Waals surface area contributed by atoms with Crippen molar-refractivity contribution in [2.75, 3.05) is 19.8 Å². The van der Waals surface area contributed by atoms with Gasteiger partial charge in [-0.1, -0.05) is 32.4 Å². The minimum atomic E-state index is 0.0298. The monoisotopic (exact) mass is 245 g/mol. The molecule has 1 aliphatic rings. The van der Waals surface area contributed by atoms with Crippen molar-refractivity contribution < 1.29 is 9.84 Å². The molecule has 2 N–H and O–H groups in total. The number of halogens is 1. The normalized spacial score (nSPS) is 17.7. The van der Waals surface area contributed by atoms with Crippen molar-refractivity contribution >= 4 is 11.6 Å². The van der Waals surface area contributed by atoms with Crippen LogP contribution in [0.5, 0.6) is 0 Å². The molecule has 0 aromatic rings. The first-order chi connectivity index (χ1) is 7.45. The lowest BCUT2D eigenvalue weighted by molar-refractivity contribution is 0.136. The summed E-state index contributed by atoms with van der Waals surface area (Å²) in [4.78, 5) is 0. The third-order valence-electron chi connectivity index (χ3n) is 2.51. The maximum Gasteiger partial charge on any atom is 0.115 e. The molecule has 0 unspecified atom stereocenters. The van der Waals surface area contributed by atoms with Crippen LogP contribution in [-0.2, 0) is 4.74 Å². The molecule has 1 aliphatic heterocycles. The smallest absolute Gasteiger partial charge is 0.115 e. The van der Waals surface area contributed by atoms with Crippen LogP contribution in [0.3, 0.4) is 0 Å². The van der Waals surface area contributed by atoms with Gasteiger partial charge in [0.15, 0.2) is 0 Å². The second-order valence-electron chi connectivity index (χ2n) is 4.83. The first-order valence-corrected chi connectivity index (χ1v) is 5.88. The van der Waals surface area contributed by atoms with Gasteiger partial charge in [-0.3, -0.25) is 0 Å². The van der Waals surface area contributed by atoms with E-state index in [0.717, 1.165) is 12.2 Å². The van der Waals surface area contributed by atoms with Gasteiger partial charge in [-0.05, 0) is 23.5 Å². The molecule has 1 heterocycles. The third-order valence-corrected chi connectivity index (χ3v) is 2.80. The molecule has 0 fully saturated rings. The van der Waals surface area contributed by atoms with E-state index in [-0.39, 0.29) is 12.0 Å². The standard InChI is InChI=1S/C12H20ClNO2/c1-12(2,3)9-4-5-11(13)14-8-10(9)16-7-6-15/h5,14-15H,4,6-8H2,1-3H3. The van der Waals surface area contributed by atoms with Crippen molar-refractivity contribution in [2.45, 2.75) is 27.2 Å². The van der Waals surface area contributed by atoms with Crippen molar-refractivity contribution in [3.05, 3.63) is 22.6 Å². The molecular formula is C12H20ClNO2. The fourth-order valence-electron chi connectivity index (χ4n) is 1.68. The van der Waals surface area contributed by atoms with Crippen LogP contribution in [0, 0.1) is 5.41 Å². The predicted molar refractivity (Wildman–Crippen MR) is 66.1 cm³/mol. The van der Waals surface area contributed by atoms with E-state index in [1.165, 1.54) is 5.57 Å². The number of nitrogens with one attached hydrogen (secondary N) is 1. The van der Waals surface area contributed by atoms with Crippen molar-refractivity contribution in [1.29, 1.82) is 0 Å². The summed E-state index contributed by atoms with van der Waals surface area (Å²) < 4.78 is 5.57. The first kappa shape index (κ1) is 13.4. The van der Waals surface area contributed by atoms with E-state index in [9.17, 15) is 0 Å². The average molecular weight is 246 g/mol. The topological polar surface area (TPSA) is 41.5 Å². The summed E-state index contributed by atoms with van der Waals surface area (Å²) in [6, 6.07) is 0. The van der Waals surface area contributed by atoms with Crippen molar-refractivity contribution in [1.82, 2.24) is 5.32 Å². The molecule has 0 aromatic heterocycles. The summed E-state index contributed by atoms with van der Waals surface area (Å²) in [5.74, 6) is 0.897. The van der Waals surface area contributed by atoms with Crippen LogP contribution in [0.25, 0.3) is 0 Å². The molecule has 4 heteroatoms. The largest absolute Gasteiger partial charge is 0.494 e. The SMILES string of the molecule is CC(C)(C)C1=C(OCCO)CNC(Cl)=CC1. The van der Waals surface area contributed by atoms with Gasteiger partial charge in [0.05, 0.1) is 18.3 Å². The number of hydrogen-bond acceptors (Lipinski definition) is 3. The average Bonchev–Trinajstić information content (AvgIpc) is 2.36. The summed E-state index contributed by atoms with van der Waals surface area (Å²) >= 11 is 5.95. The summed E-state index contributed by atoms with van der Waals surface area (Å²) in [7, 11) is 0. The number of aliphatic hydroxyl groups is 1. The Morgan fingerprint density at radius 1 is 1.50 bits per heavy atom. The fraction of sp³-hybridized carbons (Fsp3) is 0.667. The zero-order valence-electron chi connectivity index (χ0n) is 10.1. The van der Waals surface area contributed by atoms with Crippen LogP contribution in [0.1, 0.15) is 27.2 Å². The highest BCUT2D eigenvalue weighted by Gasteiger charge is 2.23. The van der Waals surface area contributed by atoms with Crippen LogP contribution < -0.4 is 5.32 Å². The maximum absolute atomic E-state index is 8.80. The molecule has 0 saturated carbocycles. The summed E-state index contributed by atoms with van der Waals surface area (Å²) in [5.41, 5.74) is 1.27. The van der Waals surface area contributed by atoms with E-state index >= 15 is 0 Å². The van der Waals surface area contributed by atoms with Crippen molar-refractivity contribution in [2.24, 2.45) is 5.41 Å². The van der Waals surface area contributed by atoms with Gasteiger partial charge in [0, 0.05) is 0 Å². The second-order valence-corrected chi connectivity index (χ2v) is 5.24. The summed E-state index contributed by atoms with van der Waals surface area (Å²) in [6.45, 7) is 7.39. The lowest BCUT2D eigenvalue weighted by Crippen LogP contribution is -2.20. The molecule has 92 valence electrons. The van der Waals surface area contributed by atoms with Crippen LogP contribution in [0.4, 0.5) is 0 Å². The minimum Gasteiger partial charge on any atom is -0.494 e. The molecule has 0 bridgehead atoms. The van der Waals surface area contributed by atoms with Crippen LogP contribution in [0.2, 0.25) is 0 Å². The Labute approximate surface area is 102 Å². The molecule has 0 amide bonds. The second kappa shape index (κ2) is 5.60. The summed E-state index contributed by atoms with van der Waals surface area (Å²) in [6.07, 6.45) is 2.74. The first-order valence-electron chi connectivity index (χ1n) is 5.51. The van der Waals surface area contributed by atoms with Gasteiger partial charge < -0.3 is 15.2 Å². The molecule has 16 heavy (non-hydrogen) atoms. The zero-order valence-corrected chi connectivity index (χ0v) is 10.9. The lowest BCUT2D eigenvalue weighted by atomic mass is 9.83. The van der Waals surface area contributed by atoms with E-state index < -0.39 is 0 Å². The molecule has 0 aromatic carbocycles. The Bertz CT molecular complexity index is 303. The van der Waals surface area contributed by atoms with E-state index in [2.05, 4.69) is 26.1 Å². The summed E-state index contributed by atoms with van der Waals surface area (Å²) in [5, 5.41) is 12.5. The molecule has 0 saturated heterocycles. The highest BCUT2D eigenvalue weighted by atomic mass is 35.5. The van der Waals surface area contributed by atoms with Crippen molar-refractivity contribution in [3.8, 4) is 0 Å². The number of hydrogen-bond donors (Lipinski definition) is 2. The van der Waals surface area contributed by atoms with E-state index in [1.54, 1.807) is 0 Å². The van der Waals surface area contributed by atoms with Crippen molar-refractivity contribution in [3.63, 3.8) is 0 Å². The zero-order chi connectivity index (χ0) is 12.2. The van der Waals surface area contributed by atoms with E-state index in [1.807, 2.05) is 6.08 Å². The molecule has 3 nitrogen and oxygen atoms in total. The Hall–Kier alpha value is -0.670. The number of aliphatic hydroxyl groups excluding tert-OH is 1. The van der Waals surface area contributed by atoms with E-state index in [4.69, 9.17) is 21.4 Å². The molecular weight excluding hydrogens is 226 g/mol. The van der Waals surface area contributed by atoms with Gasteiger partial charge in [0.2, 0.25) is 0 Å². The Kier molecular flexibility index (Phi) is 4.69. The highest BCUT2D eigenvalue weighted by Crippen LogP contribution is 2.33. The molecule has 0 radical (unpaired) electrons. The van der Waals surface area contributed by atoms with E-state index in [0.29, 0.717) is 18.3 Å². The fourth-order valence-corrected chi connectivity index (χ4v) is 1.82. The Morgan fingerprint density at radius 2 is 2.19 bits per heavy atom. The van der Waals surface area contributed by atoms with Gasteiger partial charge in [-0.25, -0.2) is 0 Å². The van der Waals surface area contributed by atoms with Gasteiger partial charge >= 0.3 is 0 Å². The van der Waals surface area contributed by atoms with Crippen LogP contribution >= 0.6 is 11.6 Å². The number of rotatable bonds is 3. The quantitative estimate of drug-likeness (QED) is 0.751. The number of allylic oxidation sites excluding steroid dienone is 2. The van der Waals surface area contributed by atoms with Gasteiger partial charge in [-0.15, -0.1) is 0 Å². The van der Waals surface area contributed by atoms with Gasteiger partial charge in [0.25, 0.3) is 0 Å². The predicted octanol–water partition coefficient (Wildman–Crippen LogP) is 2.37. The molecule has 1 rings (SSSR count). The lowest BCUT2D eigenvalue weighted by Gasteiger charge is -2.25. The van der Waals surface area contributed by atoms with Gasteiger partial charge in [0.1, 0.15) is 12.4 Å². The number of ether oxygens (including phenoxy) is 1. The van der Waals surface area contributed by atoms with Gasteiger partial charge in [-0.2, -0.15) is 0 Å². The minimum absolute atomic E-state index is 0.0298. The van der Waals surface area contributed by atoms with Crippen LogP contribution in [-0.4, -0.2) is 24.9 Å². The Morgan fingerprint density at radius 3 is 2.75 bits per heavy atom. The Balaban J connectivity index is 2.89. The third kappa shape index (κ3) is 3.72. The highest BCUT2D eigenvalue weighted by molar-refractivity contribution is 6.29. The molecule has 0 atom stereocenters. The maximum atomic E-state index is 8.80.